The monoisotopic (exact) mass is 403 g/mol. The first-order valence-corrected chi connectivity index (χ1v) is 7.58. The number of hydrogen-bond donors (Lipinski definition) is 1. The number of halogens is 3. The molecule has 2 aromatic rings. The Morgan fingerprint density at radius 2 is 1.89 bits per heavy atom. The van der Waals surface area contributed by atoms with Crippen molar-refractivity contribution in [1.29, 1.82) is 0 Å². The lowest BCUT2D eigenvalue weighted by molar-refractivity contribution is 0.415. The second-order valence-corrected chi connectivity index (χ2v) is 6.06. The van der Waals surface area contributed by atoms with Crippen molar-refractivity contribution in [2.24, 2.45) is 0 Å². The molecule has 0 atom stereocenters. The maximum absolute atomic E-state index is 5.97. The molecule has 100 valence electrons. The Morgan fingerprint density at radius 3 is 2.58 bits per heavy atom. The van der Waals surface area contributed by atoms with Gasteiger partial charge in [0.25, 0.3) is 0 Å². The summed E-state index contributed by atoms with van der Waals surface area (Å²) in [5.41, 5.74) is 2.14. The van der Waals surface area contributed by atoms with Crippen LogP contribution in [0.3, 0.4) is 0 Å². The van der Waals surface area contributed by atoms with Crippen LogP contribution in [0.5, 0.6) is 5.75 Å². The van der Waals surface area contributed by atoms with Crippen LogP contribution in [-0.2, 0) is 6.54 Å². The quantitative estimate of drug-likeness (QED) is 0.727. The third-order valence-corrected chi connectivity index (χ3v) is 4.55. The molecule has 0 spiro atoms. The van der Waals surface area contributed by atoms with Crippen molar-refractivity contribution >= 4 is 49.1 Å². The smallest absolute Gasteiger partial charge is 0.121 e. The van der Waals surface area contributed by atoms with E-state index < -0.39 is 0 Å². The van der Waals surface area contributed by atoms with Crippen LogP contribution < -0.4 is 10.1 Å². The zero-order valence-corrected chi connectivity index (χ0v) is 14.1. The number of nitrogens with one attached hydrogen (secondary N) is 1. The molecule has 0 aliphatic carbocycles. The van der Waals surface area contributed by atoms with Gasteiger partial charge in [0.15, 0.2) is 0 Å². The summed E-state index contributed by atoms with van der Waals surface area (Å²) in [5.74, 6) is 0.822. The maximum Gasteiger partial charge on any atom is 0.121 e. The summed E-state index contributed by atoms with van der Waals surface area (Å²) >= 11 is 12.9. The molecule has 0 saturated heterocycles. The van der Waals surface area contributed by atoms with Gasteiger partial charge in [-0.15, -0.1) is 0 Å². The molecule has 0 aromatic heterocycles. The first-order valence-electron chi connectivity index (χ1n) is 5.61. The van der Waals surface area contributed by atoms with Crippen molar-refractivity contribution in [3.63, 3.8) is 0 Å². The van der Waals surface area contributed by atoms with Gasteiger partial charge < -0.3 is 10.1 Å². The van der Waals surface area contributed by atoms with E-state index >= 15 is 0 Å². The highest BCUT2D eigenvalue weighted by Gasteiger charge is 2.03. The van der Waals surface area contributed by atoms with Crippen molar-refractivity contribution in [2.75, 3.05) is 12.4 Å². The average molecular weight is 406 g/mol. The predicted molar refractivity (Wildman–Crippen MR) is 87.2 cm³/mol. The zero-order chi connectivity index (χ0) is 13.8. The molecule has 2 aromatic carbocycles. The molecule has 19 heavy (non-hydrogen) atoms. The summed E-state index contributed by atoms with van der Waals surface area (Å²) < 4.78 is 7.11. The van der Waals surface area contributed by atoms with Crippen molar-refractivity contribution in [1.82, 2.24) is 0 Å². The van der Waals surface area contributed by atoms with E-state index in [1.54, 1.807) is 7.11 Å². The molecule has 2 nitrogen and oxygen atoms in total. The number of hydrogen-bond acceptors (Lipinski definition) is 2. The lowest BCUT2D eigenvalue weighted by Gasteiger charge is -2.11. The molecular formula is C14H12Br2ClNO. The Morgan fingerprint density at radius 1 is 1.11 bits per heavy atom. The van der Waals surface area contributed by atoms with Crippen LogP contribution in [0.1, 0.15) is 5.56 Å². The minimum atomic E-state index is 0.710. The average Bonchev–Trinajstić information content (AvgIpc) is 2.41. The Kier molecular flexibility index (Phi) is 5.13. The SMILES string of the molecule is COc1ccc(Br)c(NCc2ccc(Cl)c(Br)c2)c1. The van der Waals surface area contributed by atoms with Gasteiger partial charge in [-0.3, -0.25) is 0 Å². The zero-order valence-electron chi connectivity index (χ0n) is 10.2. The fraction of sp³-hybridized carbons (Fsp3) is 0.143. The molecular weight excluding hydrogens is 393 g/mol. The molecule has 1 N–H and O–H groups in total. The lowest BCUT2D eigenvalue weighted by atomic mass is 10.2. The highest BCUT2D eigenvalue weighted by Crippen LogP contribution is 2.28. The van der Waals surface area contributed by atoms with E-state index in [9.17, 15) is 0 Å². The van der Waals surface area contributed by atoms with E-state index in [1.807, 2.05) is 36.4 Å². The Balaban J connectivity index is 2.11. The molecule has 0 aliphatic heterocycles. The van der Waals surface area contributed by atoms with Crippen LogP contribution in [0, 0.1) is 0 Å². The minimum Gasteiger partial charge on any atom is -0.497 e. The second-order valence-electron chi connectivity index (χ2n) is 3.95. The van der Waals surface area contributed by atoms with E-state index in [2.05, 4.69) is 37.2 Å². The van der Waals surface area contributed by atoms with E-state index in [0.29, 0.717) is 11.6 Å². The minimum absolute atomic E-state index is 0.710. The van der Waals surface area contributed by atoms with Gasteiger partial charge >= 0.3 is 0 Å². The van der Waals surface area contributed by atoms with E-state index in [4.69, 9.17) is 16.3 Å². The van der Waals surface area contributed by atoms with Crippen LogP contribution in [0.4, 0.5) is 5.69 Å². The summed E-state index contributed by atoms with van der Waals surface area (Å²) in [6, 6.07) is 11.7. The van der Waals surface area contributed by atoms with E-state index in [-0.39, 0.29) is 0 Å². The Bertz CT molecular complexity index is 590. The number of benzene rings is 2. The predicted octanol–water partition coefficient (Wildman–Crippen LogP) is 5.49. The van der Waals surface area contributed by atoms with Gasteiger partial charge in [-0.05, 0) is 61.7 Å². The van der Waals surface area contributed by atoms with Crippen LogP contribution in [0.15, 0.2) is 45.3 Å². The summed E-state index contributed by atoms with van der Waals surface area (Å²) in [4.78, 5) is 0. The molecule has 0 amide bonds. The van der Waals surface area contributed by atoms with Crippen molar-refractivity contribution < 1.29 is 4.74 Å². The molecule has 0 bridgehead atoms. The van der Waals surface area contributed by atoms with Gasteiger partial charge in [0.2, 0.25) is 0 Å². The molecule has 2 rings (SSSR count). The van der Waals surface area contributed by atoms with Gasteiger partial charge in [-0.2, -0.15) is 0 Å². The molecule has 0 aliphatic rings. The molecule has 0 radical (unpaired) electrons. The first-order chi connectivity index (χ1) is 9.10. The standard InChI is InChI=1S/C14H12Br2ClNO/c1-19-10-3-4-11(15)14(7-10)18-8-9-2-5-13(17)12(16)6-9/h2-7,18H,8H2,1H3. The Labute approximate surface area is 134 Å². The number of anilines is 1. The number of methoxy groups -OCH3 is 1. The van der Waals surface area contributed by atoms with Crippen LogP contribution in [0.25, 0.3) is 0 Å². The summed E-state index contributed by atoms with van der Waals surface area (Å²) in [5, 5.41) is 4.07. The van der Waals surface area contributed by atoms with Crippen molar-refractivity contribution in [3.8, 4) is 5.75 Å². The van der Waals surface area contributed by atoms with Crippen molar-refractivity contribution in [2.45, 2.75) is 6.54 Å². The van der Waals surface area contributed by atoms with Gasteiger partial charge in [-0.1, -0.05) is 17.7 Å². The van der Waals surface area contributed by atoms with Gasteiger partial charge in [0.05, 0.1) is 17.8 Å². The first kappa shape index (κ1) is 14.7. The molecule has 0 saturated carbocycles. The van der Waals surface area contributed by atoms with Gasteiger partial charge in [0.1, 0.15) is 5.75 Å². The third kappa shape index (κ3) is 3.88. The third-order valence-electron chi connectivity index (χ3n) is 2.64. The van der Waals surface area contributed by atoms with Gasteiger partial charge in [-0.25, -0.2) is 0 Å². The van der Waals surface area contributed by atoms with Crippen LogP contribution >= 0.6 is 43.5 Å². The largest absolute Gasteiger partial charge is 0.497 e. The normalized spacial score (nSPS) is 10.3. The highest BCUT2D eigenvalue weighted by atomic mass is 79.9. The highest BCUT2D eigenvalue weighted by molar-refractivity contribution is 9.11. The molecule has 0 heterocycles. The van der Waals surface area contributed by atoms with E-state index in [0.717, 1.165) is 25.9 Å². The Hall–Kier alpha value is -0.710. The lowest BCUT2D eigenvalue weighted by Crippen LogP contribution is -2.00. The summed E-state index contributed by atoms with van der Waals surface area (Å²) in [6.07, 6.45) is 0. The van der Waals surface area contributed by atoms with E-state index in [1.165, 1.54) is 0 Å². The fourth-order valence-corrected chi connectivity index (χ4v) is 2.54. The second kappa shape index (κ2) is 6.64. The topological polar surface area (TPSA) is 21.3 Å². The fourth-order valence-electron chi connectivity index (χ4n) is 1.61. The van der Waals surface area contributed by atoms with Crippen LogP contribution in [0.2, 0.25) is 5.02 Å². The number of ether oxygens (including phenoxy) is 1. The number of rotatable bonds is 4. The van der Waals surface area contributed by atoms with Gasteiger partial charge in [0, 0.05) is 21.6 Å². The molecule has 5 heteroatoms. The summed E-state index contributed by atoms with van der Waals surface area (Å²) in [6.45, 7) is 0.710. The molecule has 0 fully saturated rings. The molecule has 0 unspecified atom stereocenters. The van der Waals surface area contributed by atoms with Crippen LogP contribution in [-0.4, -0.2) is 7.11 Å². The van der Waals surface area contributed by atoms with Crippen molar-refractivity contribution in [3.05, 3.63) is 55.9 Å². The summed E-state index contributed by atoms with van der Waals surface area (Å²) in [7, 11) is 1.66. The maximum atomic E-state index is 5.97.